The second kappa shape index (κ2) is 5.28. The molecule has 3 rings (SSSR count). The Kier molecular flexibility index (Phi) is 3.77. The van der Waals surface area contributed by atoms with Crippen molar-refractivity contribution in [3.8, 4) is 0 Å². The van der Waals surface area contributed by atoms with Crippen molar-refractivity contribution in [2.24, 2.45) is 0 Å². The van der Waals surface area contributed by atoms with Crippen molar-refractivity contribution in [1.82, 2.24) is 10.3 Å². The van der Waals surface area contributed by atoms with E-state index in [-0.39, 0.29) is 11.7 Å². The molecular weight excluding hydrogens is 270 g/mol. The average Bonchev–Trinajstić information content (AvgIpc) is 3.09. The zero-order chi connectivity index (χ0) is 14.3. The van der Waals surface area contributed by atoms with E-state index < -0.39 is 0 Å². The normalized spacial score (nSPS) is 26.0. The van der Waals surface area contributed by atoms with E-state index in [1.165, 1.54) is 28.5 Å². The molecule has 0 bridgehead atoms. The first kappa shape index (κ1) is 14.3. The summed E-state index contributed by atoms with van der Waals surface area (Å²) in [6.45, 7) is 9.29. The van der Waals surface area contributed by atoms with Gasteiger partial charge in [-0.15, -0.1) is 11.3 Å². The molecule has 2 heterocycles. The van der Waals surface area contributed by atoms with Gasteiger partial charge in [0.2, 0.25) is 0 Å². The van der Waals surface area contributed by atoms with Crippen LogP contribution in [0.3, 0.4) is 0 Å². The van der Waals surface area contributed by atoms with Crippen molar-refractivity contribution >= 4 is 16.5 Å². The maximum Gasteiger partial charge on any atom is 0.186 e. The molecule has 1 N–H and O–H groups in total. The number of ether oxygens (including phenoxy) is 1. The molecule has 1 aliphatic heterocycles. The molecule has 0 radical (unpaired) electrons. The zero-order valence-electron chi connectivity index (χ0n) is 12.9. The Morgan fingerprint density at radius 3 is 2.80 bits per heavy atom. The van der Waals surface area contributed by atoms with Gasteiger partial charge >= 0.3 is 0 Å². The minimum absolute atomic E-state index is 0.0910. The van der Waals surface area contributed by atoms with E-state index in [1.807, 2.05) is 18.4 Å². The van der Waals surface area contributed by atoms with Gasteiger partial charge in [-0.25, -0.2) is 4.98 Å². The van der Waals surface area contributed by atoms with Crippen LogP contribution in [0, 0.1) is 0 Å². The third-order valence-corrected chi connectivity index (χ3v) is 4.99. The Bertz CT molecular complexity index is 481. The highest BCUT2D eigenvalue weighted by Crippen LogP contribution is 2.44. The zero-order valence-corrected chi connectivity index (χ0v) is 13.7. The van der Waals surface area contributed by atoms with Gasteiger partial charge in [0.1, 0.15) is 0 Å². The van der Waals surface area contributed by atoms with Gasteiger partial charge in [-0.2, -0.15) is 0 Å². The summed E-state index contributed by atoms with van der Waals surface area (Å²) in [4.78, 5) is 8.79. The summed E-state index contributed by atoms with van der Waals surface area (Å²) < 4.78 is 5.99. The molecule has 20 heavy (non-hydrogen) atoms. The van der Waals surface area contributed by atoms with E-state index >= 15 is 0 Å². The fourth-order valence-corrected chi connectivity index (χ4v) is 4.21. The van der Waals surface area contributed by atoms with Gasteiger partial charge in [0.05, 0.1) is 17.4 Å². The Morgan fingerprint density at radius 2 is 2.20 bits per heavy atom. The highest BCUT2D eigenvalue weighted by atomic mass is 32.1. The van der Waals surface area contributed by atoms with Gasteiger partial charge < -0.3 is 15.0 Å². The summed E-state index contributed by atoms with van der Waals surface area (Å²) in [5, 5.41) is 4.46. The van der Waals surface area contributed by atoms with Crippen LogP contribution < -0.4 is 10.2 Å². The summed E-state index contributed by atoms with van der Waals surface area (Å²) in [5.74, 6) is 0.717. The number of thiazole rings is 1. The molecule has 112 valence electrons. The lowest BCUT2D eigenvalue weighted by Gasteiger charge is -2.41. The van der Waals surface area contributed by atoms with Crippen LogP contribution in [0.2, 0.25) is 0 Å². The summed E-state index contributed by atoms with van der Waals surface area (Å²) >= 11 is 1.86. The number of morpholine rings is 1. The van der Waals surface area contributed by atoms with Crippen LogP contribution in [-0.2, 0) is 11.3 Å². The van der Waals surface area contributed by atoms with Crippen molar-refractivity contribution in [2.75, 3.05) is 25.0 Å². The fraction of sp³-hybridized carbons (Fsp3) is 0.800. The van der Waals surface area contributed by atoms with Crippen LogP contribution in [0.1, 0.15) is 50.1 Å². The minimum Gasteiger partial charge on any atom is -0.369 e. The molecule has 1 saturated carbocycles. The van der Waals surface area contributed by atoms with Gasteiger partial charge in [0.15, 0.2) is 5.13 Å². The highest BCUT2D eigenvalue weighted by molar-refractivity contribution is 7.15. The van der Waals surface area contributed by atoms with Crippen molar-refractivity contribution in [3.05, 3.63) is 10.6 Å². The van der Waals surface area contributed by atoms with E-state index in [4.69, 9.17) is 9.72 Å². The van der Waals surface area contributed by atoms with Crippen LogP contribution in [0.4, 0.5) is 5.13 Å². The first-order chi connectivity index (χ1) is 9.48. The molecule has 1 saturated heterocycles. The van der Waals surface area contributed by atoms with Gasteiger partial charge in [-0.05, 0) is 40.7 Å². The minimum atomic E-state index is -0.0910. The van der Waals surface area contributed by atoms with Crippen LogP contribution in [0.25, 0.3) is 0 Å². The number of hydrogen-bond acceptors (Lipinski definition) is 5. The SMILES string of the molecule is CNCc1sc(N2CC(C)OC(C)(C)C2)nc1C1CC1. The highest BCUT2D eigenvalue weighted by Gasteiger charge is 2.35. The predicted octanol–water partition coefficient (Wildman–Crippen LogP) is 2.74. The van der Waals surface area contributed by atoms with Gasteiger partial charge in [0, 0.05) is 30.4 Å². The monoisotopic (exact) mass is 295 g/mol. The third kappa shape index (κ3) is 3.00. The first-order valence-corrected chi connectivity index (χ1v) is 8.37. The third-order valence-electron chi connectivity index (χ3n) is 3.86. The summed E-state index contributed by atoms with van der Waals surface area (Å²) in [6, 6.07) is 0. The van der Waals surface area contributed by atoms with Crippen LogP contribution in [0.15, 0.2) is 0 Å². The Balaban J connectivity index is 1.84. The van der Waals surface area contributed by atoms with Gasteiger partial charge in [-0.1, -0.05) is 0 Å². The van der Waals surface area contributed by atoms with E-state index in [0.717, 1.165) is 25.6 Å². The fourth-order valence-electron chi connectivity index (χ4n) is 3.05. The van der Waals surface area contributed by atoms with Gasteiger partial charge in [0.25, 0.3) is 0 Å². The largest absolute Gasteiger partial charge is 0.369 e. The number of nitrogens with zero attached hydrogens (tertiary/aromatic N) is 2. The summed E-state index contributed by atoms with van der Waals surface area (Å²) in [6.07, 6.45) is 2.88. The number of nitrogens with one attached hydrogen (secondary N) is 1. The molecule has 1 aromatic rings. The summed E-state index contributed by atoms with van der Waals surface area (Å²) in [5.41, 5.74) is 1.25. The standard InChI is InChI=1S/C15H25N3OS/c1-10-8-18(9-15(2,3)19-10)14-17-13(11-5-6-11)12(20-14)7-16-4/h10-11,16H,5-9H2,1-4H3. The molecule has 1 aliphatic carbocycles. The second-order valence-electron chi connectivity index (χ2n) is 6.68. The van der Waals surface area contributed by atoms with E-state index in [0.29, 0.717) is 0 Å². The lowest BCUT2D eigenvalue weighted by molar-refractivity contribution is -0.0749. The number of rotatable bonds is 4. The van der Waals surface area contributed by atoms with Crippen molar-refractivity contribution in [3.63, 3.8) is 0 Å². The molecule has 2 aliphatic rings. The molecule has 0 spiro atoms. The van der Waals surface area contributed by atoms with Crippen LogP contribution >= 0.6 is 11.3 Å². The number of aromatic nitrogens is 1. The first-order valence-electron chi connectivity index (χ1n) is 7.55. The molecule has 1 atom stereocenters. The molecule has 0 amide bonds. The summed E-state index contributed by atoms with van der Waals surface area (Å²) in [7, 11) is 2.01. The second-order valence-corrected chi connectivity index (χ2v) is 7.74. The Morgan fingerprint density at radius 1 is 1.45 bits per heavy atom. The maximum absolute atomic E-state index is 5.99. The lowest BCUT2D eigenvalue weighted by atomic mass is 10.1. The average molecular weight is 295 g/mol. The van der Waals surface area contributed by atoms with Crippen molar-refractivity contribution in [2.45, 2.75) is 57.8 Å². The molecule has 1 unspecified atom stereocenters. The molecule has 2 fully saturated rings. The van der Waals surface area contributed by atoms with Crippen molar-refractivity contribution < 1.29 is 4.74 Å². The molecular formula is C15H25N3OS. The number of anilines is 1. The van der Waals surface area contributed by atoms with Crippen LogP contribution in [0.5, 0.6) is 0 Å². The predicted molar refractivity (Wildman–Crippen MR) is 83.7 cm³/mol. The topological polar surface area (TPSA) is 37.4 Å². The Hall–Kier alpha value is -0.650. The maximum atomic E-state index is 5.99. The van der Waals surface area contributed by atoms with Crippen molar-refractivity contribution in [1.29, 1.82) is 0 Å². The van der Waals surface area contributed by atoms with Gasteiger partial charge in [-0.3, -0.25) is 0 Å². The van der Waals surface area contributed by atoms with E-state index in [9.17, 15) is 0 Å². The van der Waals surface area contributed by atoms with E-state index in [1.54, 1.807) is 0 Å². The number of hydrogen-bond donors (Lipinski definition) is 1. The van der Waals surface area contributed by atoms with E-state index in [2.05, 4.69) is 31.0 Å². The molecule has 0 aromatic carbocycles. The smallest absolute Gasteiger partial charge is 0.186 e. The van der Waals surface area contributed by atoms with Crippen LogP contribution in [-0.4, -0.2) is 36.8 Å². The molecule has 1 aromatic heterocycles. The Labute approximate surface area is 125 Å². The molecule has 4 nitrogen and oxygen atoms in total. The molecule has 5 heteroatoms. The lowest BCUT2D eigenvalue weighted by Crippen LogP contribution is -2.52. The quantitative estimate of drug-likeness (QED) is 0.927.